The lowest BCUT2D eigenvalue weighted by molar-refractivity contribution is -0.149. The molecular formula is C11H18N2O3. The zero-order valence-electron chi connectivity index (χ0n) is 9.32. The average molecular weight is 226 g/mol. The van der Waals surface area contributed by atoms with Crippen molar-refractivity contribution in [2.24, 2.45) is 11.8 Å². The van der Waals surface area contributed by atoms with Crippen LogP contribution in [0.1, 0.15) is 19.3 Å². The lowest BCUT2D eigenvalue weighted by Crippen LogP contribution is -2.49. The van der Waals surface area contributed by atoms with E-state index in [2.05, 4.69) is 5.32 Å². The Labute approximate surface area is 94.8 Å². The van der Waals surface area contributed by atoms with Gasteiger partial charge in [0.1, 0.15) is 0 Å². The first-order chi connectivity index (χ1) is 7.70. The molecule has 0 radical (unpaired) electrons. The molecule has 0 unspecified atom stereocenters. The molecule has 16 heavy (non-hydrogen) atoms. The van der Waals surface area contributed by atoms with Gasteiger partial charge < -0.3 is 15.3 Å². The molecule has 1 saturated heterocycles. The minimum Gasteiger partial charge on any atom is -0.481 e. The first-order valence-electron chi connectivity index (χ1n) is 5.92. The van der Waals surface area contributed by atoms with E-state index in [1.807, 2.05) is 4.90 Å². The second-order valence-electron chi connectivity index (χ2n) is 4.56. The van der Waals surface area contributed by atoms with Crippen LogP contribution in [0, 0.1) is 11.8 Å². The number of carboxylic acids is 1. The third-order valence-electron chi connectivity index (χ3n) is 3.58. The Hall–Kier alpha value is -1.10. The van der Waals surface area contributed by atoms with Crippen molar-refractivity contribution in [3.05, 3.63) is 0 Å². The van der Waals surface area contributed by atoms with Crippen LogP contribution >= 0.6 is 0 Å². The van der Waals surface area contributed by atoms with Gasteiger partial charge in [0.05, 0.1) is 11.8 Å². The number of piperazine rings is 1. The van der Waals surface area contributed by atoms with Gasteiger partial charge in [-0.3, -0.25) is 9.59 Å². The average Bonchev–Trinajstić information content (AvgIpc) is 2.78. The van der Waals surface area contributed by atoms with Crippen LogP contribution in [0.25, 0.3) is 0 Å². The number of carbonyl (C=O) groups excluding carboxylic acids is 1. The molecule has 5 heteroatoms. The lowest BCUT2D eigenvalue weighted by Gasteiger charge is -2.30. The van der Waals surface area contributed by atoms with Gasteiger partial charge in [-0.25, -0.2) is 0 Å². The lowest BCUT2D eigenvalue weighted by atomic mass is 9.94. The second-order valence-corrected chi connectivity index (χ2v) is 4.56. The molecule has 0 aromatic carbocycles. The summed E-state index contributed by atoms with van der Waals surface area (Å²) in [6.45, 7) is 3.05. The third kappa shape index (κ3) is 2.19. The highest BCUT2D eigenvalue weighted by Gasteiger charge is 2.39. The number of nitrogens with one attached hydrogen (secondary N) is 1. The summed E-state index contributed by atoms with van der Waals surface area (Å²) < 4.78 is 0. The van der Waals surface area contributed by atoms with E-state index in [-0.39, 0.29) is 11.8 Å². The highest BCUT2D eigenvalue weighted by atomic mass is 16.4. The van der Waals surface area contributed by atoms with Crippen molar-refractivity contribution in [3.8, 4) is 0 Å². The first-order valence-corrected chi connectivity index (χ1v) is 5.92. The Morgan fingerprint density at radius 1 is 1.12 bits per heavy atom. The van der Waals surface area contributed by atoms with Crippen LogP contribution in [0.2, 0.25) is 0 Å². The molecule has 1 aliphatic carbocycles. The predicted octanol–water partition coefficient (Wildman–Crippen LogP) is -0.0809. The normalized spacial score (nSPS) is 30.4. The van der Waals surface area contributed by atoms with Crippen LogP contribution in [0.4, 0.5) is 0 Å². The molecule has 1 heterocycles. The second kappa shape index (κ2) is 4.82. The van der Waals surface area contributed by atoms with Crippen molar-refractivity contribution < 1.29 is 14.7 Å². The van der Waals surface area contributed by atoms with Crippen molar-refractivity contribution in [3.63, 3.8) is 0 Å². The molecule has 2 fully saturated rings. The topological polar surface area (TPSA) is 69.6 Å². The van der Waals surface area contributed by atoms with E-state index in [0.717, 1.165) is 25.9 Å². The predicted molar refractivity (Wildman–Crippen MR) is 57.9 cm³/mol. The summed E-state index contributed by atoms with van der Waals surface area (Å²) in [5.74, 6) is -1.50. The van der Waals surface area contributed by atoms with E-state index in [0.29, 0.717) is 19.5 Å². The molecule has 2 N–H and O–H groups in total. The highest BCUT2D eigenvalue weighted by Crippen LogP contribution is 2.33. The van der Waals surface area contributed by atoms with E-state index in [1.165, 1.54) is 0 Å². The van der Waals surface area contributed by atoms with Crippen LogP contribution in [0.5, 0.6) is 0 Å². The first kappa shape index (κ1) is 11.4. The summed E-state index contributed by atoms with van der Waals surface area (Å²) in [5.41, 5.74) is 0. The third-order valence-corrected chi connectivity index (χ3v) is 3.58. The van der Waals surface area contributed by atoms with Gasteiger partial charge in [-0.05, 0) is 12.8 Å². The summed E-state index contributed by atoms with van der Waals surface area (Å²) in [5, 5.41) is 12.2. The Bertz CT molecular complexity index is 287. The van der Waals surface area contributed by atoms with Gasteiger partial charge in [0.25, 0.3) is 0 Å². The maximum Gasteiger partial charge on any atom is 0.307 e. The molecule has 0 aromatic rings. The van der Waals surface area contributed by atoms with E-state index >= 15 is 0 Å². The Morgan fingerprint density at radius 3 is 2.38 bits per heavy atom. The molecule has 2 rings (SSSR count). The number of hydrogen-bond acceptors (Lipinski definition) is 3. The number of nitrogens with zero attached hydrogens (tertiary/aromatic N) is 1. The molecule has 0 spiro atoms. The molecule has 5 nitrogen and oxygen atoms in total. The molecule has 1 amide bonds. The summed E-state index contributed by atoms with van der Waals surface area (Å²) in [6, 6.07) is 0. The number of rotatable bonds is 2. The molecule has 1 saturated carbocycles. The fourth-order valence-electron chi connectivity index (χ4n) is 2.67. The van der Waals surface area contributed by atoms with Crippen molar-refractivity contribution in [2.45, 2.75) is 19.3 Å². The van der Waals surface area contributed by atoms with Crippen molar-refractivity contribution in [2.75, 3.05) is 26.2 Å². The maximum absolute atomic E-state index is 12.2. The van der Waals surface area contributed by atoms with Gasteiger partial charge in [-0.1, -0.05) is 6.42 Å². The minimum atomic E-state index is -0.814. The van der Waals surface area contributed by atoms with Gasteiger partial charge >= 0.3 is 5.97 Å². The number of aliphatic carboxylic acids is 1. The number of carboxylic acid groups (broad SMARTS) is 1. The monoisotopic (exact) mass is 226 g/mol. The molecule has 0 bridgehead atoms. The Balaban J connectivity index is 1.99. The van der Waals surface area contributed by atoms with Crippen LogP contribution in [-0.4, -0.2) is 48.1 Å². The van der Waals surface area contributed by atoms with Gasteiger partial charge in [0.15, 0.2) is 0 Å². The maximum atomic E-state index is 12.2. The number of hydrogen-bond donors (Lipinski definition) is 2. The van der Waals surface area contributed by atoms with Gasteiger partial charge in [-0.15, -0.1) is 0 Å². The molecule has 2 atom stereocenters. The van der Waals surface area contributed by atoms with Crippen LogP contribution in [0.3, 0.4) is 0 Å². The van der Waals surface area contributed by atoms with Gasteiger partial charge in [-0.2, -0.15) is 0 Å². The Morgan fingerprint density at radius 2 is 1.75 bits per heavy atom. The van der Waals surface area contributed by atoms with Gasteiger partial charge in [0, 0.05) is 26.2 Å². The van der Waals surface area contributed by atoms with Gasteiger partial charge in [0.2, 0.25) is 5.91 Å². The van der Waals surface area contributed by atoms with E-state index in [4.69, 9.17) is 5.11 Å². The zero-order chi connectivity index (χ0) is 11.5. The summed E-state index contributed by atoms with van der Waals surface area (Å²) >= 11 is 0. The molecular weight excluding hydrogens is 208 g/mol. The standard InChI is InChI=1S/C11H18N2O3/c14-10(13-6-4-12-5-7-13)8-2-1-3-9(8)11(15)16/h8-9,12H,1-7H2,(H,15,16)/t8-,9-/m1/s1. The Kier molecular flexibility index (Phi) is 3.43. The smallest absolute Gasteiger partial charge is 0.307 e. The molecule has 1 aliphatic heterocycles. The van der Waals surface area contributed by atoms with Crippen molar-refractivity contribution >= 4 is 11.9 Å². The number of amides is 1. The number of carbonyl (C=O) groups is 2. The quantitative estimate of drug-likeness (QED) is 0.691. The van der Waals surface area contributed by atoms with E-state index in [1.54, 1.807) is 0 Å². The van der Waals surface area contributed by atoms with Crippen LogP contribution in [-0.2, 0) is 9.59 Å². The molecule has 2 aliphatic rings. The summed E-state index contributed by atoms with van der Waals surface area (Å²) in [6.07, 6.45) is 2.25. The largest absolute Gasteiger partial charge is 0.481 e. The fourth-order valence-corrected chi connectivity index (χ4v) is 2.67. The molecule has 90 valence electrons. The summed E-state index contributed by atoms with van der Waals surface area (Å²) in [4.78, 5) is 25.0. The summed E-state index contributed by atoms with van der Waals surface area (Å²) in [7, 11) is 0. The SMILES string of the molecule is O=C(O)[C@@H]1CCC[C@H]1C(=O)N1CCNCC1. The van der Waals surface area contributed by atoms with E-state index in [9.17, 15) is 9.59 Å². The van der Waals surface area contributed by atoms with Crippen molar-refractivity contribution in [1.29, 1.82) is 0 Å². The fraction of sp³-hybridized carbons (Fsp3) is 0.818. The van der Waals surface area contributed by atoms with Crippen LogP contribution in [0.15, 0.2) is 0 Å². The highest BCUT2D eigenvalue weighted by molar-refractivity contribution is 5.85. The van der Waals surface area contributed by atoms with Crippen LogP contribution < -0.4 is 5.32 Å². The van der Waals surface area contributed by atoms with E-state index < -0.39 is 11.9 Å². The zero-order valence-corrected chi connectivity index (χ0v) is 9.32. The molecule has 0 aromatic heterocycles. The van der Waals surface area contributed by atoms with Crippen molar-refractivity contribution in [1.82, 2.24) is 10.2 Å². The minimum absolute atomic E-state index is 0.0476.